The maximum Gasteiger partial charge on any atom is 0.304 e. The predicted molar refractivity (Wildman–Crippen MR) is 42.4 cm³/mol. The third kappa shape index (κ3) is 8.11. The van der Waals surface area contributed by atoms with Crippen molar-refractivity contribution in [2.45, 2.75) is 6.42 Å². The lowest BCUT2D eigenvalue weighted by Crippen LogP contribution is -2.01. The van der Waals surface area contributed by atoms with Gasteiger partial charge in [0.1, 0.15) is 0 Å². The van der Waals surface area contributed by atoms with Gasteiger partial charge in [0.05, 0.1) is 6.42 Å². The first-order chi connectivity index (χ1) is 3.92. The van der Waals surface area contributed by atoms with Crippen LogP contribution in [-0.4, -0.2) is 29.3 Å². The quantitative estimate of drug-likeness (QED) is 0.700. The fourth-order valence-electron chi connectivity index (χ4n) is 0.330. The summed E-state index contributed by atoms with van der Waals surface area (Å²) in [6.45, 7) is 0. The molecule has 0 unspecified atom stereocenters. The molecule has 0 aliphatic carbocycles. The van der Waals surface area contributed by atoms with Crippen LogP contribution >= 0.6 is 19.9 Å². The summed E-state index contributed by atoms with van der Waals surface area (Å²) in [5.74, 6) is -0.166. The maximum atomic E-state index is 10.0. The number of rotatable bonds is 3. The van der Waals surface area contributed by atoms with E-state index in [1.54, 1.807) is 0 Å². The van der Waals surface area contributed by atoms with Crippen LogP contribution in [0.3, 0.4) is 0 Å². The Balaban J connectivity index is 3.39. The van der Waals surface area contributed by atoms with Crippen LogP contribution in [-0.2, 0) is 4.79 Å². The normalized spacial score (nSPS) is 13.2. The highest BCUT2D eigenvalue weighted by Gasteiger charge is 2.08. The van der Waals surface area contributed by atoms with Crippen molar-refractivity contribution < 1.29 is 9.90 Å². The number of hydrogen-bond donors (Lipinski definition) is 1. The highest BCUT2D eigenvalue weighted by atomic mass is 35.7. The van der Waals surface area contributed by atoms with E-state index in [9.17, 15) is 4.79 Å². The molecule has 0 atom stereocenters. The Morgan fingerprint density at radius 3 is 2.22 bits per heavy atom. The maximum absolute atomic E-state index is 10.0. The van der Waals surface area contributed by atoms with Gasteiger partial charge in [-0.1, -0.05) is 10.7 Å². The molecule has 56 valence electrons. The lowest BCUT2D eigenvalue weighted by molar-refractivity contribution is -0.136. The second-order valence-electron chi connectivity index (χ2n) is 2.25. The smallest absolute Gasteiger partial charge is 0.304 e. The molecule has 0 aromatic heterocycles. The van der Waals surface area contributed by atoms with Gasteiger partial charge in [-0.25, -0.2) is 0 Å². The fourth-order valence-corrected chi connectivity index (χ4v) is 1.22. The Morgan fingerprint density at radius 1 is 1.67 bits per heavy atom. The van der Waals surface area contributed by atoms with Gasteiger partial charge in [0, 0.05) is 0 Å². The average molecular weight is 171 g/mol. The molecule has 1 N–H and O–H groups in total. The van der Waals surface area contributed by atoms with E-state index in [0.29, 0.717) is 5.75 Å². The second-order valence-corrected chi connectivity index (χ2v) is 7.97. The topological polar surface area (TPSA) is 37.3 Å². The first-order valence-electron chi connectivity index (χ1n) is 2.54. The third-order valence-electron chi connectivity index (χ3n) is 0.801. The molecule has 0 aliphatic rings. The largest absolute Gasteiger partial charge is 0.481 e. The zero-order valence-electron chi connectivity index (χ0n) is 5.56. The van der Waals surface area contributed by atoms with Gasteiger partial charge in [0.2, 0.25) is 0 Å². The van der Waals surface area contributed by atoms with Crippen molar-refractivity contribution >= 4 is 25.9 Å². The molecule has 0 aromatic rings. The third-order valence-corrected chi connectivity index (χ3v) is 2.44. The van der Waals surface area contributed by atoms with Gasteiger partial charge in [0.25, 0.3) is 0 Å². The fraction of sp³-hybridized carbons (Fsp3) is 0.800. The zero-order chi connectivity index (χ0) is 7.49. The number of aliphatic carboxylic acids is 1. The van der Waals surface area contributed by atoms with E-state index in [2.05, 4.69) is 0 Å². The summed E-state index contributed by atoms with van der Waals surface area (Å²) in [7, 11) is 4.67. The molecule has 0 fully saturated rings. The Labute approximate surface area is 61.0 Å². The van der Waals surface area contributed by atoms with Crippen LogP contribution in [0.25, 0.3) is 0 Å². The Morgan fingerprint density at radius 2 is 2.11 bits per heavy atom. The van der Waals surface area contributed by atoms with Crippen molar-refractivity contribution in [3.8, 4) is 0 Å². The first-order valence-corrected chi connectivity index (χ1v) is 5.99. The van der Waals surface area contributed by atoms with Crippen LogP contribution < -0.4 is 0 Å². The highest BCUT2D eigenvalue weighted by Crippen LogP contribution is 2.45. The van der Waals surface area contributed by atoms with Crippen LogP contribution in [0.2, 0.25) is 0 Å². The standard InChI is InChI=1S/C5H11ClO2S/c1-9(2,6)4-3-5(7)8/h3-4H2,1-2H3,(H,7,8). The summed E-state index contributed by atoms with van der Waals surface area (Å²) in [6.07, 6.45) is 3.96. The Kier molecular flexibility index (Phi) is 3.36. The van der Waals surface area contributed by atoms with Gasteiger partial charge in [-0.15, -0.1) is 0 Å². The zero-order valence-corrected chi connectivity index (χ0v) is 7.13. The van der Waals surface area contributed by atoms with Gasteiger partial charge in [-0.05, 0) is 18.3 Å². The van der Waals surface area contributed by atoms with Gasteiger partial charge < -0.3 is 5.11 Å². The van der Waals surface area contributed by atoms with E-state index >= 15 is 0 Å². The molecule has 0 spiro atoms. The van der Waals surface area contributed by atoms with Crippen LogP contribution in [0.4, 0.5) is 0 Å². The minimum absolute atomic E-state index is 0.186. The molecule has 0 aromatic carbocycles. The van der Waals surface area contributed by atoms with E-state index in [-0.39, 0.29) is 6.42 Å². The lowest BCUT2D eigenvalue weighted by Gasteiger charge is -2.19. The van der Waals surface area contributed by atoms with Crippen molar-refractivity contribution in [2.24, 2.45) is 0 Å². The number of carbonyl (C=O) groups is 1. The van der Waals surface area contributed by atoms with Gasteiger partial charge >= 0.3 is 5.97 Å². The second kappa shape index (κ2) is 3.32. The van der Waals surface area contributed by atoms with Crippen LogP contribution in [0.15, 0.2) is 0 Å². The monoisotopic (exact) mass is 170 g/mol. The molecule has 0 radical (unpaired) electrons. The lowest BCUT2D eigenvalue weighted by atomic mass is 10.5. The van der Waals surface area contributed by atoms with Crippen molar-refractivity contribution in [2.75, 3.05) is 18.3 Å². The van der Waals surface area contributed by atoms with Gasteiger partial charge in [-0.2, -0.15) is 9.24 Å². The molecule has 0 heterocycles. The molecule has 4 heteroatoms. The molecule has 0 amide bonds. The minimum atomic E-state index is -1.13. The van der Waals surface area contributed by atoms with Crippen LogP contribution in [0, 0.1) is 0 Å². The van der Waals surface area contributed by atoms with Crippen LogP contribution in [0.1, 0.15) is 6.42 Å². The van der Waals surface area contributed by atoms with E-state index in [1.807, 2.05) is 12.5 Å². The van der Waals surface area contributed by atoms with Crippen molar-refractivity contribution in [3.05, 3.63) is 0 Å². The molecule has 0 saturated heterocycles. The molecular weight excluding hydrogens is 160 g/mol. The highest BCUT2D eigenvalue weighted by molar-refractivity contribution is 8.50. The predicted octanol–water partition coefficient (Wildman–Crippen LogP) is 1.68. The van der Waals surface area contributed by atoms with Gasteiger partial charge in [-0.3, -0.25) is 4.79 Å². The molecular formula is C5H11ClO2S. The Bertz CT molecular complexity index is 108. The van der Waals surface area contributed by atoms with E-state index in [4.69, 9.17) is 15.8 Å². The number of hydrogen-bond acceptors (Lipinski definition) is 1. The van der Waals surface area contributed by atoms with E-state index < -0.39 is 15.2 Å². The number of carboxylic acid groups (broad SMARTS) is 1. The minimum Gasteiger partial charge on any atom is -0.481 e. The van der Waals surface area contributed by atoms with Crippen molar-refractivity contribution in [1.82, 2.24) is 0 Å². The summed E-state index contributed by atoms with van der Waals surface area (Å²) in [5, 5.41) is 8.23. The number of halogens is 1. The first kappa shape index (κ1) is 9.11. The summed E-state index contributed by atoms with van der Waals surface area (Å²) in [5.41, 5.74) is 0. The van der Waals surface area contributed by atoms with Gasteiger partial charge in [0.15, 0.2) is 0 Å². The van der Waals surface area contributed by atoms with Crippen molar-refractivity contribution in [3.63, 3.8) is 0 Å². The summed E-state index contributed by atoms with van der Waals surface area (Å²) >= 11 is 0. The molecule has 2 nitrogen and oxygen atoms in total. The Hall–Kier alpha value is 0.110. The van der Waals surface area contributed by atoms with Crippen molar-refractivity contribution in [1.29, 1.82) is 0 Å². The summed E-state index contributed by atoms with van der Waals surface area (Å²) < 4.78 is 0. The molecule has 0 bridgehead atoms. The summed E-state index contributed by atoms with van der Waals surface area (Å²) in [6, 6.07) is 0. The van der Waals surface area contributed by atoms with Crippen LogP contribution in [0.5, 0.6) is 0 Å². The molecule has 0 saturated carbocycles. The number of carboxylic acids is 1. The molecule has 9 heavy (non-hydrogen) atoms. The average Bonchev–Trinajstić information content (AvgIpc) is 1.59. The molecule has 0 aliphatic heterocycles. The van der Waals surface area contributed by atoms with E-state index in [1.165, 1.54) is 0 Å². The molecule has 0 rings (SSSR count). The SMILES string of the molecule is CS(C)(Cl)CCC(=O)O. The van der Waals surface area contributed by atoms with E-state index in [0.717, 1.165) is 0 Å². The summed E-state index contributed by atoms with van der Waals surface area (Å²) in [4.78, 5) is 10.0.